The van der Waals surface area contributed by atoms with Crippen LogP contribution < -0.4 is 0 Å². The molecule has 0 amide bonds. The summed E-state index contributed by atoms with van der Waals surface area (Å²) in [6.07, 6.45) is 16.4. The fraction of sp³-hybridized carbons (Fsp3) is 0.538. The summed E-state index contributed by atoms with van der Waals surface area (Å²) >= 11 is 2.41. The molecule has 0 saturated heterocycles. The first kappa shape index (κ1) is 11.4. The molecule has 2 heteroatoms. The van der Waals surface area contributed by atoms with Crippen LogP contribution in [-0.4, -0.2) is 12.7 Å². The van der Waals surface area contributed by atoms with Gasteiger partial charge in [0.2, 0.25) is 0 Å². The molecule has 1 unspecified atom stereocenters. The average Bonchev–Trinajstić information content (AvgIpc) is 2.29. The van der Waals surface area contributed by atoms with E-state index in [0.717, 1.165) is 13.0 Å². The van der Waals surface area contributed by atoms with Crippen molar-refractivity contribution < 1.29 is 4.74 Å². The molecule has 0 radical (unpaired) electrons. The quantitative estimate of drug-likeness (QED) is 0.565. The van der Waals surface area contributed by atoms with Crippen molar-refractivity contribution in [2.45, 2.75) is 31.8 Å². The maximum atomic E-state index is 5.96. The Balaban J connectivity index is 1.79. The third-order valence-corrected chi connectivity index (χ3v) is 3.98. The number of rotatable bonds is 3. The normalized spacial score (nSPS) is 26.7. The molecule has 1 nitrogen and oxygen atoms in total. The highest BCUT2D eigenvalue weighted by atomic mass is 127. The van der Waals surface area contributed by atoms with E-state index in [-0.39, 0.29) is 0 Å². The van der Waals surface area contributed by atoms with Crippen molar-refractivity contribution >= 4 is 22.6 Å². The smallest absolute Gasteiger partial charge is 0.0878 e. The number of allylic oxidation sites excluding steroid dienone is 3. The molecule has 15 heavy (non-hydrogen) atoms. The van der Waals surface area contributed by atoms with E-state index in [9.17, 15) is 0 Å². The van der Waals surface area contributed by atoms with E-state index in [1.54, 1.807) is 0 Å². The van der Waals surface area contributed by atoms with E-state index < -0.39 is 0 Å². The molecule has 0 aromatic heterocycles. The van der Waals surface area contributed by atoms with Gasteiger partial charge in [-0.1, -0.05) is 30.4 Å². The molecule has 0 aliphatic heterocycles. The van der Waals surface area contributed by atoms with Gasteiger partial charge in [0.15, 0.2) is 0 Å². The summed E-state index contributed by atoms with van der Waals surface area (Å²) in [5, 5.41) is 0. The Morgan fingerprint density at radius 2 is 2.13 bits per heavy atom. The van der Waals surface area contributed by atoms with Crippen LogP contribution in [0.25, 0.3) is 0 Å². The molecule has 0 heterocycles. The fourth-order valence-corrected chi connectivity index (χ4v) is 2.77. The third kappa shape index (κ3) is 3.45. The van der Waals surface area contributed by atoms with Crippen LogP contribution in [0.15, 0.2) is 34.0 Å². The monoisotopic (exact) mass is 316 g/mol. The van der Waals surface area contributed by atoms with Gasteiger partial charge in [-0.3, -0.25) is 0 Å². The zero-order valence-corrected chi connectivity index (χ0v) is 11.0. The van der Waals surface area contributed by atoms with Gasteiger partial charge in [0, 0.05) is 9.50 Å². The highest BCUT2D eigenvalue weighted by molar-refractivity contribution is 14.1. The number of halogens is 1. The molecule has 0 N–H and O–H groups in total. The molecule has 0 aromatic carbocycles. The summed E-state index contributed by atoms with van der Waals surface area (Å²) in [6, 6.07) is 0. The summed E-state index contributed by atoms with van der Waals surface area (Å²) in [5.41, 5.74) is 0. The van der Waals surface area contributed by atoms with E-state index in [0.29, 0.717) is 12.0 Å². The minimum atomic E-state index is 0.364. The van der Waals surface area contributed by atoms with Crippen molar-refractivity contribution in [1.29, 1.82) is 0 Å². The third-order valence-electron chi connectivity index (χ3n) is 2.85. The molecular formula is C13H17IO. The molecular weight excluding hydrogens is 299 g/mol. The van der Waals surface area contributed by atoms with Crippen molar-refractivity contribution in [2.24, 2.45) is 5.92 Å². The number of ether oxygens (including phenoxy) is 1. The molecule has 0 fully saturated rings. The molecule has 0 aromatic rings. The van der Waals surface area contributed by atoms with E-state index >= 15 is 0 Å². The Morgan fingerprint density at radius 3 is 2.87 bits per heavy atom. The molecule has 2 aliphatic carbocycles. The van der Waals surface area contributed by atoms with Crippen molar-refractivity contribution in [2.75, 3.05) is 6.61 Å². The summed E-state index contributed by atoms with van der Waals surface area (Å²) in [4.78, 5) is 0. The topological polar surface area (TPSA) is 9.23 Å². The Morgan fingerprint density at radius 1 is 1.33 bits per heavy atom. The van der Waals surface area contributed by atoms with Crippen molar-refractivity contribution in [3.05, 3.63) is 34.0 Å². The first-order chi connectivity index (χ1) is 7.36. The maximum absolute atomic E-state index is 5.96. The van der Waals surface area contributed by atoms with Crippen LogP contribution in [0.1, 0.15) is 25.7 Å². The van der Waals surface area contributed by atoms with Gasteiger partial charge in [-0.2, -0.15) is 0 Å². The van der Waals surface area contributed by atoms with Gasteiger partial charge < -0.3 is 4.74 Å². The van der Waals surface area contributed by atoms with Crippen molar-refractivity contribution in [1.82, 2.24) is 0 Å². The minimum absolute atomic E-state index is 0.364. The van der Waals surface area contributed by atoms with E-state index in [1.165, 1.54) is 22.8 Å². The maximum Gasteiger partial charge on any atom is 0.0878 e. The summed E-state index contributed by atoms with van der Waals surface area (Å²) in [5.74, 6) is 0.491. The Bertz CT molecular complexity index is 279. The highest BCUT2D eigenvalue weighted by Crippen LogP contribution is 2.26. The van der Waals surface area contributed by atoms with Crippen LogP contribution in [-0.2, 0) is 4.74 Å². The van der Waals surface area contributed by atoms with E-state index in [1.807, 2.05) is 0 Å². The molecule has 2 rings (SSSR count). The first-order valence-corrected chi connectivity index (χ1v) is 6.74. The van der Waals surface area contributed by atoms with Crippen molar-refractivity contribution in [3.8, 4) is 0 Å². The highest BCUT2D eigenvalue weighted by Gasteiger charge is 2.17. The van der Waals surface area contributed by atoms with Crippen LogP contribution >= 0.6 is 22.6 Å². The molecule has 0 saturated carbocycles. The number of hydrogen-bond donors (Lipinski definition) is 0. The van der Waals surface area contributed by atoms with Gasteiger partial charge in [0.25, 0.3) is 0 Å². The Hall–Kier alpha value is -0.0900. The first-order valence-electron chi connectivity index (χ1n) is 5.67. The van der Waals surface area contributed by atoms with Crippen LogP contribution in [0.5, 0.6) is 0 Å². The second-order valence-corrected chi connectivity index (χ2v) is 5.34. The van der Waals surface area contributed by atoms with E-state index in [4.69, 9.17) is 4.74 Å². The SMILES string of the molecule is IC1=CCCCC1OCC1C=CCC=C1. The van der Waals surface area contributed by atoms with E-state index in [2.05, 4.69) is 53.0 Å². The van der Waals surface area contributed by atoms with Gasteiger partial charge in [-0.05, 0) is 48.3 Å². The second kappa shape index (κ2) is 5.85. The van der Waals surface area contributed by atoms with Crippen LogP contribution in [0.3, 0.4) is 0 Å². The zero-order valence-electron chi connectivity index (χ0n) is 8.86. The largest absolute Gasteiger partial charge is 0.372 e. The van der Waals surface area contributed by atoms with Crippen LogP contribution in [0, 0.1) is 5.92 Å². The van der Waals surface area contributed by atoms with Gasteiger partial charge in [0.05, 0.1) is 12.7 Å². The molecule has 0 bridgehead atoms. The number of hydrogen-bond acceptors (Lipinski definition) is 1. The lowest BCUT2D eigenvalue weighted by atomic mass is 10.0. The van der Waals surface area contributed by atoms with Gasteiger partial charge in [-0.15, -0.1) is 0 Å². The van der Waals surface area contributed by atoms with Gasteiger partial charge in [0.1, 0.15) is 0 Å². The lowest BCUT2D eigenvalue weighted by Gasteiger charge is -2.23. The lowest BCUT2D eigenvalue weighted by Crippen LogP contribution is -2.19. The average molecular weight is 316 g/mol. The fourth-order valence-electron chi connectivity index (χ4n) is 1.96. The predicted octanol–water partition coefficient (Wildman–Crippen LogP) is 4.01. The Kier molecular flexibility index (Phi) is 4.44. The molecule has 2 aliphatic rings. The zero-order chi connectivity index (χ0) is 10.5. The standard InChI is InChI=1S/C13H17IO/c14-12-8-4-5-9-13(12)15-10-11-6-2-1-3-7-11/h2-3,6-8,11,13H,1,4-5,9-10H2. The molecule has 82 valence electrons. The Labute approximate surface area is 105 Å². The second-order valence-electron chi connectivity index (χ2n) is 4.10. The van der Waals surface area contributed by atoms with Gasteiger partial charge in [-0.25, -0.2) is 0 Å². The van der Waals surface area contributed by atoms with Crippen LogP contribution in [0.4, 0.5) is 0 Å². The van der Waals surface area contributed by atoms with Crippen LogP contribution in [0.2, 0.25) is 0 Å². The summed E-state index contributed by atoms with van der Waals surface area (Å²) in [7, 11) is 0. The minimum Gasteiger partial charge on any atom is -0.372 e. The summed E-state index contributed by atoms with van der Waals surface area (Å²) < 4.78 is 7.35. The van der Waals surface area contributed by atoms with Gasteiger partial charge >= 0.3 is 0 Å². The molecule has 0 spiro atoms. The lowest BCUT2D eigenvalue weighted by molar-refractivity contribution is 0.0650. The predicted molar refractivity (Wildman–Crippen MR) is 72.1 cm³/mol. The molecule has 1 atom stereocenters. The van der Waals surface area contributed by atoms with Crippen molar-refractivity contribution in [3.63, 3.8) is 0 Å². The summed E-state index contributed by atoms with van der Waals surface area (Å²) in [6.45, 7) is 0.831.